The zero-order valence-electron chi connectivity index (χ0n) is 15.0. The summed E-state index contributed by atoms with van der Waals surface area (Å²) in [5, 5.41) is 15.4. The minimum absolute atomic E-state index is 0.0327. The predicted octanol–water partition coefficient (Wildman–Crippen LogP) is 3.30. The molecule has 0 radical (unpaired) electrons. The first-order valence-corrected chi connectivity index (χ1v) is 9.18. The van der Waals surface area contributed by atoms with Crippen molar-refractivity contribution >= 4 is 40.9 Å². The number of nitrogens with one attached hydrogen (secondary N) is 1. The van der Waals surface area contributed by atoms with Crippen LogP contribution in [0.1, 0.15) is 22.0 Å². The van der Waals surface area contributed by atoms with Crippen LogP contribution < -0.4 is 5.32 Å². The Kier molecular flexibility index (Phi) is 5.04. The second-order valence-corrected chi connectivity index (χ2v) is 7.02. The van der Waals surface area contributed by atoms with Gasteiger partial charge in [0.05, 0.1) is 12.7 Å². The third kappa shape index (κ3) is 3.48. The monoisotopic (exact) mass is 429 g/mol. The number of anilines is 1. The Hall–Kier alpha value is -3.23. The van der Waals surface area contributed by atoms with Gasteiger partial charge in [-0.2, -0.15) is 4.68 Å². The Labute approximate surface area is 175 Å². The molecule has 0 amide bonds. The molecule has 29 heavy (non-hydrogen) atoms. The van der Waals surface area contributed by atoms with Gasteiger partial charge >= 0.3 is 5.97 Å². The molecule has 4 rings (SSSR count). The standard InChI is InChI=1S/C19H13Cl2N5O3/c1-29-18(28)15-14(17(27)11-4-8-13(21)9-5-11)16(10-2-6-12(20)7-3-10)26-19(22-15)23-24-25-26/h2-9,16H,1H3,(H,22,23,25)/t16-/m1/s1. The first-order chi connectivity index (χ1) is 14.0. The van der Waals surface area contributed by atoms with Crippen LogP contribution in [0, 0.1) is 0 Å². The Bertz CT molecular complexity index is 1120. The fourth-order valence-electron chi connectivity index (χ4n) is 3.10. The highest BCUT2D eigenvalue weighted by Gasteiger charge is 2.38. The summed E-state index contributed by atoms with van der Waals surface area (Å²) < 4.78 is 6.32. The van der Waals surface area contributed by atoms with Crippen LogP contribution in [0.2, 0.25) is 10.0 Å². The number of halogens is 2. The third-order valence-electron chi connectivity index (χ3n) is 4.44. The molecule has 1 N–H and O–H groups in total. The Morgan fingerprint density at radius 3 is 2.28 bits per heavy atom. The number of ketones is 1. The number of fused-ring (bicyclic) bond motifs is 1. The molecule has 1 atom stereocenters. The quantitative estimate of drug-likeness (QED) is 0.501. The van der Waals surface area contributed by atoms with Gasteiger partial charge in [0.1, 0.15) is 11.7 Å². The minimum atomic E-state index is -0.768. The van der Waals surface area contributed by atoms with Crippen molar-refractivity contribution in [2.45, 2.75) is 6.04 Å². The molecular formula is C19H13Cl2N5O3. The van der Waals surface area contributed by atoms with E-state index in [0.717, 1.165) is 0 Å². The van der Waals surface area contributed by atoms with Crippen molar-refractivity contribution < 1.29 is 14.3 Å². The molecule has 2 aromatic carbocycles. The van der Waals surface area contributed by atoms with E-state index >= 15 is 0 Å². The lowest BCUT2D eigenvalue weighted by Crippen LogP contribution is -2.32. The molecule has 10 heteroatoms. The molecule has 0 saturated carbocycles. The van der Waals surface area contributed by atoms with E-state index in [2.05, 4.69) is 20.8 Å². The highest BCUT2D eigenvalue weighted by atomic mass is 35.5. The molecule has 2 heterocycles. The second-order valence-electron chi connectivity index (χ2n) is 6.14. The number of Topliss-reactive ketones (excluding diaryl/α,β-unsaturated/α-hetero) is 1. The number of carbonyl (C=O) groups excluding carboxylic acids is 2. The Morgan fingerprint density at radius 1 is 1.03 bits per heavy atom. The molecular weight excluding hydrogens is 417 g/mol. The normalized spacial score (nSPS) is 15.5. The van der Waals surface area contributed by atoms with E-state index in [-0.39, 0.29) is 17.2 Å². The maximum atomic E-state index is 13.5. The van der Waals surface area contributed by atoms with Crippen molar-refractivity contribution in [1.82, 2.24) is 20.2 Å². The zero-order valence-corrected chi connectivity index (χ0v) is 16.5. The summed E-state index contributed by atoms with van der Waals surface area (Å²) in [5.41, 5.74) is 1.13. The average molecular weight is 430 g/mol. The van der Waals surface area contributed by atoms with Crippen LogP contribution in [-0.2, 0) is 9.53 Å². The third-order valence-corrected chi connectivity index (χ3v) is 4.95. The lowest BCUT2D eigenvalue weighted by Gasteiger charge is -2.28. The molecule has 146 valence electrons. The molecule has 0 unspecified atom stereocenters. The number of carbonyl (C=O) groups is 2. The van der Waals surface area contributed by atoms with Crippen LogP contribution in [-0.4, -0.2) is 39.1 Å². The fraction of sp³-hybridized carbons (Fsp3) is 0.105. The lowest BCUT2D eigenvalue weighted by atomic mass is 9.89. The SMILES string of the molecule is COC(=O)C1=C(C(=O)c2ccc(Cl)cc2)[C@@H](c2ccc(Cl)cc2)n2nnnc2N1. The van der Waals surface area contributed by atoms with E-state index < -0.39 is 17.8 Å². The van der Waals surface area contributed by atoms with Crippen molar-refractivity contribution in [3.63, 3.8) is 0 Å². The number of nitrogens with zero attached hydrogens (tertiary/aromatic N) is 4. The van der Waals surface area contributed by atoms with E-state index in [9.17, 15) is 9.59 Å². The largest absolute Gasteiger partial charge is 0.464 e. The van der Waals surface area contributed by atoms with E-state index in [1.54, 1.807) is 48.5 Å². The highest BCUT2D eigenvalue weighted by Crippen LogP contribution is 2.37. The number of hydrogen-bond acceptors (Lipinski definition) is 7. The van der Waals surface area contributed by atoms with Gasteiger partial charge in [0.15, 0.2) is 5.78 Å². The molecule has 0 fully saturated rings. The Morgan fingerprint density at radius 2 is 1.66 bits per heavy atom. The Balaban J connectivity index is 1.94. The molecule has 0 saturated heterocycles. The van der Waals surface area contributed by atoms with E-state index in [4.69, 9.17) is 27.9 Å². The molecule has 3 aromatic rings. The summed E-state index contributed by atoms with van der Waals surface area (Å²) in [5.74, 6) is -0.899. The number of allylic oxidation sites excluding steroid dienone is 1. The predicted molar refractivity (Wildman–Crippen MR) is 106 cm³/mol. The number of methoxy groups -OCH3 is 1. The van der Waals surface area contributed by atoms with Crippen molar-refractivity contribution in [1.29, 1.82) is 0 Å². The van der Waals surface area contributed by atoms with Crippen LogP contribution in [0.4, 0.5) is 5.95 Å². The minimum Gasteiger partial charge on any atom is -0.464 e. The molecule has 1 aromatic heterocycles. The summed E-state index contributed by atoms with van der Waals surface area (Å²) in [6, 6.07) is 12.5. The topological polar surface area (TPSA) is 99.0 Å². The van der Waals surface area contributed by atoms with Crippen LogP contribution in [0.15, 0.2) is 59.8 Å². The number of esters is 1. The van der Waals surface area contributed by atoms with Gasteiger partial charge in [-0.25, -0.2) is 4.79 Å². The summed E-state index contributed by atoms with van der Waals surface area (Å²) in [7, 11) is 1.23. The van der Waals surface area contributed by atoms with E-state index in [1.165, 1.54) is 11.8 Å². The number of aromatic nitrogens is 4. The van der Waals surface area contributed by atoms with E-state index in [0.29, 0.717) is 21.2 Å². The maximum Gasteiger partial charge on any atom is 0.355 e. The molecule has 1 aliphatic heterocycles. The maximum absolute atomic E-state index is 13.5. The van der Waals surface area contributed by atoms with E-state index in [1.807, 2.05) is 0 Å². The van der Waals surface area contributed by atoms with Crippen LogP contribution in [0.3, 0.4) is 0 Å². The van der Waals surface area contributed by atoms with Gasteiger partial charge in [0, 0.05) is 15.6 Å². The first kappa shape index (κ1) is 19.1. The average Bonchev–Trinajstić information content (AvgIpc) is 3.21. The van der Waals surface area contributed by atoms with Crippen LogP contribution in [0.25, 0.3) is 0 Å². The van der Waals surface area contributed by atoms with Crippen molar-refractivity contribution in [3.05, 3.63) is 81.0 Å². The summed E-state index contributed by atoms with van der Waals surface area (Å²) in [6.07, 6.45) is 0. The molecule has 0 spiro atoms. The summed E-state index contributed by atoms with van der Waals surface area (Å²) in [4.78, 5) is 26.0. The fourth-order valence-corrected chi connectivity index (χ4v) is 3.35. The molecule has 0 aliphatic carbocycles. The highest BCUT2D eigenvalue weighted by molar-refractivity contribution is 6.31. The number of ether oxygens (including phenoxy) is 1. The molecule has 8 nitrogen and oxygen atoms in total. The van der Waals surface area contributed by atoms with Crippen LogP contribution >= 0.6 is 23.2 Å². The van der Waals surface area contributed by atoms with Gasteiger partial charge in [-0.1, -0.05) is 40.4 Å². The molecule has 0 bridgehead atoms. The smallest absolute Gasteiger partial charge is 0.355 e. The van der Waals surface area contributed by atoms with Crippen molar-refractivity contribution in [2.75, 3.05) is 12.4 Å². The molecule has 1 aliphatic rings. The first-order valence-electron chi connectivity index (χ1n) is 8.42. The number of benzene rings is 2. The second kappa shape index (κ2) is 7.65. The zero-order chi connectivity index (χ0) is 20.5. The number of tetrazole rings is 1. The summed E-state index contributed by atoms with van der Waals surface area (Å²) >= 11 is 12.0. The van der Waals surface area contributed by atoms with Crippen molar-refractivity contribution in [3.8, 4) is 0 Å². The van der Waals surface area contributed by atoms with Gasteiger partial charge in [-0.15, -0.1) is 0 Å². The van der Waals surface area contributed by atoms with Gasteiger partial charge in [-0.05, 0) is 52.4 Å². The summed E-state index contributed by atoms with van der Waals surface area (Å²) in [6.45, 7) is 0. The van der Waals surface area contributed by atoms with Gasteiger partial charge in [-0.3, -0.25) is 4.79 Å². The van der Waals surface area contributed by atoms with Crippen molar-refractivity contribution in [2.24, 2.45) is 0 Å². The van der Waals surface area contributed by atoms with Crippen LogP contribution in [0.5, 0.6) is 0 Å². The number of hydrogen-bond donors (Lipinski definition) is 1. The van der Waals surface area contributed by atoms with Gasteiger partial charge < -0.3 is 10.1 Å². The lowest BCUT2D eigenvalue weighted by molar-refractivity contribution is -0.136. The van der Waals surface area contributed by atoms with Gasteiger partial charge in [0.2, 0.25) is 5.95 Å². The van der Waals surface area contributed by atoms with Gasteiger partial charge in [0.25, 0.3) is 0 Å². The number of rotatable bonds is 4.